The Bertz CT molecular complexity index is 206. The average Bonchev–Trinajstić information content (AvgIpc) is 2.15. The van der Waals surface area contributed by atoms with Crippen LogP contribution in [0, 0.1) is 5.92 Å². The number of hydrogen-bond donors (Lipinski definition) is 1. The summed E-state index contributed by atoms with van der Waals surface area (Å²) in [5.41, 5.74) is 0. The second kappa shape index (κ2) is 6.08. The Morgan fingerprint density at radius 1 is 1.60 bits per heavy atom. The lowest BCUT2D eigenvalue weighted by atomic mass is 10.1. The Balaban J connectivity index is 2.19. The number of esters is 1. The first-order valence-electron chi connectivity index (χ1n) is 5.64. The number of ether oxygens (including phenoxy) is 1. The van der Waals surface area contributed by atoms with Crippen molar-refractivity contribution >= 4 is 5.97 Å². The monoisotopic (exact) mass is 215 g/mol. The van der Waals surface area contributed by atoms with E-state index in [0.717, 1.165) is 19.4 Å². The van der Waals surface area contributed by atoms with Crippen LogP contribution in [0.4, 0.5) is 0 Å². The highest BCUT2D eigenvalue weighted by Gasteiger charge is 2.20. The molecule has 0 bridgehead atoms. The van der Waals surface area contributed by atoms with Gasteiger partial charge in [0.05, 0.1) is 19.3 Å². The van der Waals surface area contributed by atoms with Gasteiger partial charge in [0, 0.05) is 6.54 Å². The number of aliphatic hydroxyl groups excluding tert-OH is 1. The molecular weight excluding hydrogens is 194 g/mol. The molecule has 0 aliphatic carbocycles. The van der Waals surface area contributed by atoms with E-state index in [9.17, 15) is 9.90 Å². The number of likely N-dealkylation sites (tertiary alicyclic amines) is 1. The molecule has 1 aliphatic rings. The molecule has 0 radical (unpaired) electrons. The van der Waals surface area contributed by atoms with Gasteiger partial charge in [-0.15, -0.1) is 0 Å². The third-order valence-corrected chi connectivity index (χ3v) is 2.41. The molecular formula is C11H21NO3. The van der Waals surface area contributed by atoms with Crippen molar-refractivity contribution in [2.24, 2.45) is 5.92 Å². The molecule has 1 heterocycles. The molecule has 0 spiro atoms. The minimum Gasteiger partial charge on any atom is -0.464 e. The third-order valence-electron chi connectivity index (χ3n) is 2.41. The smallest absolute Gasteiger partial charge is 0.320 e. The van der Waals surface area contributed by atoms with Crippen LogP contribution >= 0.6 is 0 Å². The minimum absolute atomic E-state index is 0.183. The van der Waals surface area contributed by atoms with Gasteiger partial charge in [-0.05, 0) is 25.3 Å². The van der Waals surface area contributed by atoms with Gasteiger partial charge in [0.15, 0.2) is 0 Å². The van der Waals surface area contributed by atoms with Crippen LogP contribution in [0.3, 0.4) is 0 Å². The summed E-state index contributed by atoms with van der Waals surface area (Å²) in [4.78, 5) is 13.3. The highest BCUT2D eigenvalue weighted by Crippen LogP contribution is 2.09. The SMILES string of the molecule is CC(C)COC(=O)CN1CCCC(O)C1. The molecule has 1 fully saturated rings. The molecule has 0 saturated carbocycles. The van der Waals surface area contributed by atoms with Crippen molar-refractivity contribution in [3.05, 3.63) is 0 Å². The van der Waals surface area contributed by atoms with Crippen LogP contribution in [0.1, 0.15) is 26.7 Å². The van der Waals surface area contributed by atoms with E-state index in [-0.39, 0.29) is 12.1 Å². The zero-order valence-electron chi connectivity index (χ0n) is 9.61. The van der Waals surface area contributed by atoms with Gasteiger partial charge in [-0.3, -0.25) is 9.69 Å². The second-order valence-corrected chi connectivity index (χ2v) is 4.61. The van der Waals surface area contributed by atoms with Crippen LogP contribution in [0.25, 0.3) is 0 Å². The van der Waals surface area contributed by atoms with Gasteiger partial charge >= 0.3 is 5.97 Å². The quantitative estimate of drug-likeness (QED) is 0.699. The van der Waals surface area contributed by atoms with E-state index in [4.69, 9.17) is 4.74 Å². The first-order valence-corrected chi connectivity index (χ1v) is 5.64. The van der Waals surface area contributed by atoms with Gasteiger partial charge in [-0.1, -0.05) is 13.8 Å². The van der Waals surface area contributed by atoms with Crippen molar-refractivity contribution in [2.75, 3.05) is 26.2 Å². The number of piperidine rings is 1. The summed E-state index contributed by atoms with van der Waals surface area (Å²) < 4.78 is 5.08. The molecule has 1 N–H and O–H groups in total. The predicted octanol–water partition coefficient (Wildman–Crippen LogP) is 0.642. The number of aliphatic hydroxyl groups is 1. The molecule has 1 saturated heterocycles. The summed E-state index contributed by atoms with van der Waals surface area (Å²) in [6.07, 6.45) is 1.52. The fraction of sp³-hybridized carbons (Fsp3) is 0.909. The first kappa shape index (κ1) is 12.5. The van der Waals surface area contributed by atoms with E-state index in [0.29, 0.717) is 25.6 Å². The molecule has 1 atom stereocenters. The Labute approximate surface area is 91.2 Å². The number of rotatable bonds is 4. The molecule has 0 aromatic rings. The summed E-state index contributed by atoms with van der Waals surface area (Å²) in [5.74, 6) is 0.193. The van der Waals surface area contributed by atoms with E-state index in [1.165, 1.54) is 0 Å². The summed E-state index contributed by atoms with van der Waals surface area (Å²) in [6.45, 7) is 6.29. The molecule has 4 heteroatoms. The maximum atomic E-state index is 11.4. The third kappa shape index (κ3) is 5.14. The number of hydrogen-bond acceptors (Lipinski definition) is 4. The largest absolute Gasteiger partial charge is 0.464 e. The van der Waals surface area contributed by atoms with E-state index >= 15 is 0 Å². The molecule has 0 amide bonds. The van der Waals surface area contributed by atoms with Crippen LogP contribution in [-0.2, 0) is 9.53 Å². The van der Waals surface area contributed by atoms with Crippen LogP contribution < -0.4 is 0 Å². The molecule has 1 aliphatic heterocycles. The fourth-order valence-electron chi connectivity index (χ4n) is 1.66. The summed E-state index contributed by atoms with van der Waals surface area (Å²) in [5, 5.41) is 9.42. The maximum Gasteiger partial charge on any atom is 0.320 e. The van der Waals surface area contributed by atoms with Crippen molar-refractivity contribution in [2.45, 2.75) is 32.8 Å². The van der Waals surface area contributed by atoms with Crippen molar-refractivity contribution in [1.29, 1.82) is 0 Å². The van der Waals surface area contributed by atoms with Crippen molar-refractivity contribution in [3.63, 3.8) is 0 Å². The number of nitrogens with zero attached hydrogens (tertiary/aromatic N) is 1. The van der Waals surface area contributed by atoms with Crippen molar-refractivity contribution < 1.29 is 14.6 Å². The van der Waals surface area contributed by atoms with Gasteiger partial charge in [-0.25, -0.2) is 0 Å². The van der Waals surface area contributed by atoms with Gasteiger partial charge in [-0.2, -0.15) is 0 Å². The van der Waals surface area contributed by atoms with Crippen LogP contribution in [0.2, 0.25) is 0 Å². The lowest BCUT2D eigenvalue weighted by molar-refractivity contribution is -0.146. The number of carbonyl (C=O) groups is 1. The fourth-order valence-corrected chi connectivity index (χ4v) is 1.66. The molecule has 15 heavy (non-hydrogen) atoms. The van der Waals surface area contributed by atoms with Gasteiger partial charge in [0.2, 0.25) is 0 Å². The molecule has 4 nitrogen and oxygen atoms in total. The zero-order chi connectivity index (χ0) is 11.3. The average molecular weight is 215 g/mol. The Morgan fingerprint density at radius 2 is 2.33 bits per heavy atom. The maximum absolute atomic E-state index is 11.4. The topological polar surface area (TPSA) is 49.8 Å². The zero-order valence-corrected chi connectivity index (χ0v) is 9.61. The van der Waals surface area contributed by atoms with Crippen LogP contribution in [0.5, 0.6) is 0 Å². The minimum atomic E-state index is -0.281. The first-order chi connectivity index (χ1) is 7.08. The Morgan fingerprint density at radius 3 is 2.93 bits per heavy atom. The number of β-amino-alcohol motifs (C(OH)–C–C–N with tert-alkyl or cyclic N) is 1. The number of carbonyl (C=O) groups excluding carboxylic acids is 1. The predicted molar refractivity (Wildman–Crippen MR) is 57.5 cm³/mol. The van der Waals surface area contributed by atoms with Crippen molar-refractivity contribution in [1.82, 2.24) is 4.90 Å². The molecule has 1 unspecified atom stereocenters. The molecule has 0 aromatic carbocycles. The normalized spacial score (nSPS) is 23.1. The van der Waals surface area contributed by atoms with Crippen LogP contribution in [0.15, 0.2) is 0 Å². The molecule has 88 valence electrons. The van der Waals surface area contributed by atoms with Gasteiger partial charge in [0.25, 0.3) is 0 Å². The van der Waals surface area contributed by atoms with Gasteiger partial charge < -0.3 is 9.84 Å². The lowest BCUT2D eigenvalue weighted by Gasteiger charge is -2.28. The summed E-state index contributed by atoms with van der Waals surface area (Å²) in [7, 11) is 0. The molecule has 0 aromatic heterocycles. The van der Waals surface area contributed by atoms with E-state index in [2.05, 4.69) is 0 Å². The summed E-state index contributed by atoms with van der Waals surface area (Å²) in [6, 6.07) is 0. The highest BCUT2D eigenvalue weighted by atomic mass is 16.5. The van der Waals surface area contributed by atoms with Gasteiger partial charge in [0.1, 0.15) is 0 Å². The lowest BCUT2D eigenvalue weighted by Crippen LogP contribution is -2.41. The highest BCUT2D eigenvalue weighted by molar-refractivity contribution is 5.71. The molecule has 1 rings (SSSR count). The van der Waals surface area contributed by atoms with E-state index in [1.54, 1.807) is 0 Å². The standard InChI is InChI=1S/C11H21NO3/c1-9(2)8-15-11(14)7-12-5-3-4-10(13)6-12/h9-10,13H,3-8H2,1-2H3. The summed E-state index contributed by atoms with van der Waals surface area (Å²) >= 11 is 0. The van der Waals surface area contributed by atoms with Crippen LogP contribution in [-0.4, -0.2) is 48.3 Å². The Kier molecular flexibility index (Phi) is 5.05. The second-order valence-electron chi connectivity index (χ2n) is 4.61. The van der Waals surface area contributed by atoms with E-state index < -0.39 is 0 Å². The van der Waals surface area contributed by atoms with Crippen molar-refractivity contribution in [3.8, 4) is 0 Å². The Hall–Kier alpha value is -0.610. The van der Waals surface area contributed by atoms with E-state index in [1.807, 2.05) is 18.7 Å².